The summed E-state index contributed by atoms with van der Waals surface area (Å²) in [6, 6.07) is 10.7. The van der Waals surface area contributed by atoms with Crippen molar-refractivity contribution >= 4 is 32.7 Å². The average molecular weight is 379 g/mol. The van der Waals surface area contributed by atoms with Gasteiger partial charge >= 0.3 is 0 Å². The van der Waals surface area contributed by atoms with Crippen molar-refractivity contribution in [2.24, 2.45) is 0 Å². The van der Waals surface area contributed by atoms with Gasteiger partial charge in [-0.2, -0.15) is 0 Å². The highest BCUT2D eigenvalue weighted by Crippen LogP contribution is 2.21. The van der Waals surface area contributed by atoms with Gasteiger partial charge in [-0.15, -0.1) is 0 Å². The number of nitrogens with zero attached hydrogens (tertiary/aromatic N) is 1. The van der Waals surface area contributed by atoms with Crippen molar-refractivity contribution in [1.82, 2.24) is 9.88 Å². The number of aromatic nitrogens is 1. The van der Waals surface area contributed by atoms with E-state index in [0.29, 0.717) is 16.5 Å². The second kappa shape index (κ2) is 6.12. The van der Waals surface area contributed by atoms with E-state index in [1.54, 1.807) is 31.3 Å². The Morgan fingerprint density at radius 2 is 1.96 bits per heavy atom. The van der Waals surface area contributed by atoms with Crippen LogP contribution in [0, 0.1) is 11.6 Å². The van der Waals surface area contributed by atoms with E-state index in [1.165, 1.54) is 23.1 Å². The van der Waals surface area contributed by atoms with E-state index in [2.05, 4.69) is 20.9 Å². The molecule has 1 heterocycles. The highest BCUT2D eigenvalue weighted by atomic mass is 79.9. The molecule has 6 heteroatoms. The van der Waals surface area contributed by atoms with E-state index in [4.69, 9.17) is 0 Å². The summed E-state index contributed by atoms with van der Waals surface area (Å²) >= 11 is 3.28. The predicted molar refractivity (Wildman–Crippen MR) is 88.2 cm³/mol. The average Bonchev–Trinajstić information content (AvgIpc) is 2.95. The van der Waals surface area contributed by atoms with Crippen LogP contribution < -0.4 is 0 Å². The zero-order valence-corrected chi connectivity index (χ0v) is 13.8. The van der Waals surface area contributed by atoms with E-state index in [1.807, 2.05) is 0 Å². The molecular formula is C17H13BrF2N2O. The van der Waals surface area contributed by atoms with Crippen molar-refractivity contribution in [2.75, 3.05) is 7.05 Å². The quantitative estimate of drug-likeness (QED) is 0.716. The van der Waals surface area contributed by atoms with Crippen LogP contribution in [0.15, 0.2) is 46.9 Å². The number of aromatic amines is 1. The zero-order chi connectivity index (χ0) is 16.6. The second-order valence-electron chi connectivity index (χ2n) is 5.28. The Bertz CT molecular complexity index is 891. The molecule has 0 unspecified atom stereocenters. The Morgan fingerprint density at radius 3 is 2.70 bits per heavy atom. The Balaban J connectivity index is 1.86. The van der Waals surface area contributed by atoms with Crippen LogP contribution in [0.3, 0.4) is 0 Å². The number of fused-ring (bicyclic) bond motifs is 1. The maximum Gasteiger partial charge on any atom is 0.270 e. The van der Waals surface area contributed by atoms with Gasteiger partial charge in [0.05, 0.1) is 0 Å². The van der Waals surface area contributed by atoms with Crippen LogP contribution in [0.25, 0.3) is 10.9 Å². The van der Waals surface area contributed by atoms with Crippen LogP contribution in [-0.2, 0) is 6.54 Å². The smallest absolute Gasteiger partial charge is 0.270 e. The molecule has 3 aromatic rings. The van der Waals surface area contributed by atoms with Gasteiger partial charge in [-0.1, -0.05) is 22.0 Å². The predicted octanol–water partition coefficient (Wildman–Crippen LogP) is 4.48. The van der Waals surface area contributed by atoms with Gasteiger partial charge < -0.3 is 9.88 Å². The molecule has 0 bridgehead atoms. The van der Waals surface area contributed by atoms with Gasteiger partial charge in [0, 0.05) is 34.5 Å². The van der Waals surface area contributed by atoms with Gasteiger partial charge in [0.1, 0.15) is 17.3 Å². The maximum atomic E-state index is 13.8. The summed E-state index contributed by atoms with van der Waals surface area (Å²) in [6.07, 6.45) is 0. The number of carbonyl (C=O) groups is 1. The lowest BCUT2D eigenvalue weighted by molar-refractivity contribution is 0.0779. The van der Waals surface area contributed by atoms with E-state index >= 15 is 0 Å². The number of H-pyrrole nitrogens is 1. The Hall–Kier alpha value is -2.21. The van der Waals surface area contributed by atoms with Crippen LogP contribution in [0.1, 0.15) is 16.1 Å². The first kappa shape index (κ1) is 15.7. The molecule has 3 nitrogen and oxygen atoms in total. The summed E-state index contributed by atoms with van der Waals surface area (Å²) in [5, 5.41) is 0.359. The maximum absolute atomic E-state index is 13.8. The van der Waals surface area contributed by atoms with Gasteiger partial charge in [0.25, 0.3) is 5.91 Å². The van der Waals surface area contributed by atoms with Crippen molar-refractivity contribution in [3.63, 3.8) is 0 Å². The van der Waals surface area contributed by atoms with Crippen molar-refractivity contribution in [1.29, 1.82) is 0 Å². The third kappa shape index (κ3) is 3.12. The highest BCUT2D eigenvalue weighted by molar-refractivity contribution is 9.10. The largest absolute Gasteiger partial charge is 0.350 e. The summed E-state index contributed by atoms with van der Waals surface area (Å²) in [4.78, 5) is 16.7. The first-order valence-electron chi connectivity index (χ1n) is 6.92. The lowest BCUT2D eigenvalue weighted by atomic mass is 10.2. The minimum Gasteiger partial charge on any atom is -0.350 e. The number of benzene rings is 2. The number of halogens is 3. The third-order valence-electron chi connectivity index (χ3n) is 3.60. The summed E-state index contributed by atoms with van der Waals surface area (Å²) in [5.41, 5.74) is 1.22. The van der Waals surface area contributed by atoms with E-state index in [-0.39, 0.29) is 24.0 Å². The molecule has 0 radical (unpaired) electrons. The minimum atomic E-state index is -0.390. The molecule has 0 aliphatic rings. The Morgan fingerprint density at radius 1 is 1.17 bits per heavy atom. The molecule has 0 aliphatic heterocycles. The Labute approximate surface area is 140 Å². The molecule has 2 aromatic carbocycles. The van der Waals surface area contributed by atoms with Crippen LogP contribution in [-0.4, -0.2) is 22.8 Å². The fourth-order valence-corrected chi connectivity index (χ4v) is 2.84. The molecule has 1 amide bonds. The van der Waals surface area contributed by atoms with Crippen LogP contribution in [0.2, 0.25) is 0 Å². The highest BCUT2D eigenvalue weighted by Gasteiger charge is 2.17. The van der Waals surface area contributed by atoms with Gasteiger partial charge in [0.15, 0.2) is 0 Å². The van der Waals surface area contributed by atoms with Gasteiger partial charge in [0.2, 0.25) is 0 Å². The summed E-state index contributed by atoms with van der Waals surface area (Å²) in [7, 11) is 1.57. The lowest BCUT2D eigenvalue weighted by Gasteiger charge is -2.17. The fourth-order valence-electron chi connectivity index (χ4n) is 2.43. The molecule has 0 spiro atoms. The topological polar surface area (TPSA) is 36.1 Å². The summed E-state index contributed by atoms with van der Waals surface area (Å²) in [6.45, 7) is 0.113. The van der Waals surface area contributed by atoms with Crippen molar-refractivity contribution in [3.05, 3.63) is 69.8 Å². The molecule has 0 saturated carbocycles. The van der Waals surface area contributed by atoms with Crippen molar-refractivity contribution in [3.8, 4) is 0 Å². The number of hydrogen-bond acceptors (Lipinski definition) is 1. The Kier molecular flexibility index (Phi) is 4.17. The molecule has 0 saturated heterocycles. The monoisotopic (exact) mass is 378 g/mol. The fraction of sp³-hybridized carbons (Fsp3) is 0.118. The number of carbonyl (C=O) groups excluding carboxylic acids is 1. The molecule has 118 valence electrons. The standard InChI is InChI=1S/C17H13BrF2N2O/c1-22(9-10-7-11(18)5-6-13(10)19)17(23)16-8-12-14(20)3-2-4-15(12)21-16/h2-8,21H,9H2,1H3. The van der Waals surface area contributed by atoms with E-state index in [0.717, 1.165) is 4.47 Å². The van der Waals surface area contributed by atoms with Crippen molar-refractivity contribution in [2.45, 2.75) is 6.54 Å². The molecule has 0 aliphatic carbocycles. The second-order valence-corrected chi connectivity index (χ2v) is 6.20. The molecular weight excluding hydrogens is 366 g/mol. The first-order valence-corrected chi connectivity index (χ1v) is 7.71. The summed E-state index contributed by atoms with van der Waals surface area (Å²) < 4.78 is 28.2. The molecule has 1 N–H and O–H groups in total. The molecule has 0 atom stereocenters. The number of hydrogen-bond donors (Lipinski definition) is 1. The van der Waals surface area contributed by atoms with Gasteiger partial charge in [-0.05, 0) is 36.4 Å². The SMILES string of the molecule is CN(Cc1cc(Br)ccc1F)C(=O)c1cc2c(F)cccc2[nH]1. The molecule has 0 fully saturated rings. The molecule has 23 heavy (non-hydrogen) atoms. The van der Waals surface area contributed by atoms with Crippen LogP contribution in [0.5, 0.6) is 0 Å². The minimum absolute atomic E-state index is 0.113. The normalized spacial score (nSPS) is 11.0. The van der Waals surface area contributed by atoms with E-state index < -0.39 is 5.82 Å². The number of amides is 1. The summed E-state index contributed by atoms with van der Waals surface area (Å²) in [5.74, 6) is -1.10. The third-order valence-corrected chi connectivity index (χ3v) is 4.10. The van der Waals surface area contributed by atoms with Gasteiger partial charge in [-0.25, -0.2) is 8.78 Å². The first-order chi connectivity index (χ1) is 11.0. The molecule has 3 rings (SSSR count). The lowest BCUT2D eigenvalue weighted by Crippen LogP contribution is -2.26. The zero-order valence-electron chi connectivity index (χ0n) is 12.2. The van der Waals surface area contributed by atoms with E-state index in [9.17, 15) is 13.6 Å². The van der Waals surface area contributed by atoms with Gasteiger partial charge in [-0.3, -0.25) is 4.79 Å². The van der Waals surface area contributed by atoms with Crippen molar-refractivity contribution < 1.29 is 13.6 Å². The van der Waals surface area contributed by atoms with Crippen LogP contribution >= 0.6 is 15.9 Å². The number of rotatable bonds is 3. The number of nitrogens with one attached hydrogen (secondary N) is 1. The van der Waals surface area contributed by atoms with Crippen LogP contribution in [0.4, 0.5) is 8.78 Å². The molecule has 1 aromatic heterocycles.